The van der Waals surface area contributed by atoms with Crippen molar-refractivity contribution in [1.82, 2.24) is 14.5 Å². The third-order valence-electron chi connectivity index (χ3n) is 5.34. The lowest BCUT2D eigenvalue weighted by molar-refractivity contribution is 0.310. The van der Waals surface area contributed by atoms with Crippen molar-refractivity contribution in [1.29, 1.82) is 0 Å². The summed E-state index contributed by atoms with van der Waals surface area (Å²) in [5, 5.41) is 0. The molecule has 2 heterocycles. The van der Waals surface area contributed by atoms with Crippen molar-refractivity contribution in [3.63, 3.8) is 0 Å². The number of nitrogens with one attached hydrogen (secondary N) is 1. The van der Waals surface area contributed by atoms with Gasteiger partial charge >= 0.3 is 5.69 Å². The summed E-state index contributed by atoms with van der Waals surface area (Å²) in [6.07, 6.45) is 2.77. The number of sulfone groups is 1. The van der Waals surface area contributed by atoms with Crippen LogP contribution in [0.4, 0.5) is 0 Å². The first-order chi connectivity index (χ1) is 15.8. The third kappa shape index (κ3) is 4.63. The smallest absolute Gasteiger partial charge is 0.328 e. The lowest BCUT2D eigenvalue weighted by Crippen LogP contribution is -2.28. The normalized spacial score (nSPS) is 12.6. The molecule has 0 amide bonds. The van der Waals surface area contributed by atoms with E-state index >= 15 is 0 Å². The Morgan fingerprint density at radius 2 is 1.85 bits per heavy atom. The van der Waals surface area contributed by atoms with Crippen LogP contribution in [0.3, 0.4) is 0 Å². The number of ether oxygens (including phenoxy) is 2. The molecule has 0 saturated carbocycles. The van der Waals surface area contributed by atoms with Crippen LogP contribution in [0.1, 0.15) is 18.5 Å². The number of benzene rings is 2. The number of nitrogens with zero attached hydrogens (tertiary/aromatic N) is 2. The predicted molar refractivity (Wildman–Crippen MR) is 128 cm³/mol. The first-order valence-corrected chi connectivity index (χ1v) is 12.5. The zero-order valence-electron chi connectivity index (χ0n) is 18.6. The summed E-state index contributed by atoms with van der Waals surface area (Å²) in [6, 6.07) is 15.8. The molecular formula is C24H25N3O5S. The minimum absolute atomic E-state index is 0.283. The quantitative estimate of drug-likeness (QED) is 0.426. The standard InChI is InChI=1S/C24H25N3O5S/c1-4-32-21-14-17(10-11-20(21)31-2)19(15-33(3,29)30)27-23-22(26-24(27)28)18(12-13-25-23)16-8-6-5-7-9-16/h5-14,19H,4,15H2,1-3H3,(H,26,28). The Balaban J connectivity index is 1.94. The highest BCUT2D eigenvalue weighted by atomic mass is 32.2. The maximum atomic E-state index is 13.2. The lowest BCUT2D eigenvalue weighted by Gasteiger charge is -2.20. The second kappa shape index (κ2) is 9.11. The maximum Gasteiger partial charge on any atom is 0.328 e. The van der Waals surface area contributed by atoms with Crippen LogP contribution in [0.2, 0.25) is 0 Å². The van der Waals surface area contributed by atoms with Crippen LogP contribution in [-0.4, -0.2) is 48.7 Å². The van der Waals surface area contributed by atoms with Crippen LogP contribution in [-0.2, 0) is 9.84 Å². The van der Waals surface area contributed by atoms with Crippen LogP contribution in [0, 0.1) is 0 Å². The maximum absolute atomic E-state index is 13.2. The molecule has 4 rings (SSSR count). The van der Waals surface area contributed by atoms with Gasteiger partial charge in [-0.05, 0) is 36.2 Å². The highest BCUT2D eigenvalue weighted by Gasteiger charge is 2.26. The van der Waals surface area contributed by atoms with E-state index in [9.17, 15) is 13.2 Å². The van der Waals surface area contributed by atoms with E-state index in [1.807, 2.05) is 43.3 Å². The van der Waals surface area contributed by atoms with Gasteiger partial charge in [-0.1, -0.05) is 36.4 Å². The number of H-pyrrole nitrogens is 1. The van der Waals surface area contributed by atoms with Gasteiger partial charge in [-0.3, -0.25) is 4.57 Å². The molecule has 4 aromatic rings. The molecule has 0 spiro atoms. The van der Waals surface area contributed by atoms with Crippen molar-refractivity contribution in [3.05, 3.63) is 76.8 Å². The molecule has 0 saturated heterocycles. The van der Waals surface area contributed by atoms with E-state index in [4.69, 9.17) is 9.47 Å². The second-order valence-corrected chi connectivity index (χ2v) is 9.86. The molecule has 0 aliphatic heterocycles. The van der Waals surface area contributed by atoms with Crippen LogP contribution in [0.25, 0.3) is 22.3 Å². The number of rotatable bonds is 8. The highest BCUT2D eigenvalue weighted by Crippen LogP contribution is 2.33. The van der Waals surface area contributed by atoms with Crippen molar-refractivity contribution in [2.45, 2.75) is 13.0 Å². The van der Waals surface area contributed by atoms with Crippen LogP contribution < -0.4 is 15.2 Å². The van der Waals surface area contributed by atoms with E-state index in [-0.39, 0.29) is 5.75 Å². The van der Waals surface area contributed by atoms with Gasteiger partial charge in [0.05, 0.1) is 31.0 Å². The number of methoxy groups -OCH3 is 1. The molecule has 1 N–H and O–H groups in total. The lowest BCUT2D eigenvalue weighted by atomic mass is 10.1. The van der Waals surface area contributed by atoms with Crippen molar-refractivity contribution in [2.24, 2.45) is 0 Å². The number of aromatic amines is 1. The molecular weight excluding hydrogens is 442 g/mol. The van der Waals surface area contributed by atoms with Gasteiger partial charge in [0.1, 0.15) is 9.84 Å². The van der Waals surface area contributed by atoms with Gasteiger partial charge < -0.3 is 14.5 Å². The predicted octanol–water partition coefficient (Wildman–Crippen LogP) is 3.43. The molecule has 33 heavy (non-hydrogen) atoms. The number of imidazole rings is 1. The van der Waals surface area contributed by atoms with E-state index in [1.165, 1.54) is 11.7 Å². The van der Waals surface area contributed by atoms with Gasteiger partial charge in [-0.15, -0.1) is 0 Å². The molecule has 1 atom stereocenters. The summed E-state index contributed by atoms with van der Waals surface area (Å²) in [4.78, 5) is 20.5. The van der Waals surface area contributed by atoms with E-state index in [1.54, 1.807) is 24.4 Å². The second-order valence-electron chi connectivity index (χ2n) is 7.67. The van der Waals surface area contributed by atoms with Gasteiger partial charge in [0.25, 0.3) is 0 Å². The van der Waals surface area contributed by atoms with Gasteiger partial charge in [-0.25, -0.2) is 18.2 Å². The third-order valence-corrected chi connectivity index (χ3v) is 6.26. The largest absolute Gasteiger partial charge is 0.493 e. The zero-order chi connectivity index (χ0) is 23.6. The van der Waals surface area contributed by atoms with E-state index in [2.05, 4.69) is 9.97 Å². The summed E-state index contributed by atoms with van der Waals surface area (Å²) in [6.45, 7) is 2.25. The molecule has 0 fully saturated rings. The van der Waals surface area contributed by atoms with Crippen LogP contribution in [0.15, 0.2) is 65.6 Å². The molecule has 0 aliphatic rings. The van der Waals surface area contributed by atoms with Gasteiger partial charge in [0.15, 0.2) is 17.1 Å². The number of aromatic nitrogens is 3. The molecule has 0 aliphatic carbocycles. The first kappa shape index (κ1) is 22.6. The SMILES string of the molecule is CCOc1cc(C(CS(C)(=O)=O)n2c(=O)[nH]c3c(-c4ccccc4)ccnc32)ccc1OC. The van der Waals surface area contributed by atoms with Crippen molar-refractivity contribution in [2.75, 3.05) is 25.7 Å². The zero-order valence-corrected chi connectivity index (χ0v) is 19.4. The van der Waals surface area contributed by atoms with E-state index in [0.717, 1.165) is 17.4 Å². The average molecular weight is 468 g/mol. The Hall–Kier alpha value is -3.59. The average Bonchev–Trinajstić information content (AvgIpc) is 3.13. The fourth-order valence-corrected chi connectivity index (χ4v) is 4.86. The molecule has 8 nitrogen and oxygen atoms in total. The summed E-state index contributed by atoms with van der Waals surface area (Å²) >= 11 is 0. The number of hydrogen-bond acceptors (Lipinski definition) is 6. The first-order valence-electron chi connectivity index (χ1n) is 10.5. The number of pyridine rings is 1. The number of fused-ring (bicyclic) bond motifs is 1. The molecule has 2 aromatic carbocycles. The van der Waals surface area contributed by atoms with Crippen molar-refractivity contribution >= 4 is 21.0 Å². The van der Waals surface area contributed by atoms with Crippen molar-refractivity contribution in [3.8, 4) is 22.6 Å². The Morgan fingerprint density at radius 1 is 1.09 bits per heavy atom. The fraction of sp³-hybridized carbons (Fsp3) is 0.250. The summed E-state index contributed by atoms with van der Waals surface area (Å²) in [5.41, 5.74) is 2.80. The van der Waals surface area contributed by atoms with Crippen LogP contribution in [0.5, 0.6) is 11.5 Å². The minimum atomic E-state index is -3.46. The fourth-order valence-electron chi connectivity index (χ4n) is 3.94. The number of hydrogen-bond donors (Lipinski definition) is 1. The minimum Gasteiger partial charge on any atom is -0.493 e. The molecule has 172 valence electrons. The Morgan fingerprint density at radius 3 is 2.52 bits per heavy atom. The summed E-state index contributed by atoms with van der Waals surface area (Å²) < 4.78 is 37.2. The van der Waals surface area contributed by atoms with Gasteiger partial charge in [0.2, 0.25) is 0 Å². The Labute approximate surface area is 191 Å². The van der Waals surface area contributed by atoms with Crippen molar-refractivity contribution < 1.29 is 17.9 Å². The molecule has 1 unspecified atom stereocenters. The van der Waals surface area contributed by atoms with Crippen LogP contribution >= 0.6 is 0 Å². The highest BCUT2D eigenvalue weighted by molar-refractivity contribution is 7.90. The summed E-state index contributed by atoms with van der Waals surface area (Å²) in [5.74, 6) is 0.714. The molecule has 0 radical (unpaired) electrons. The Bertz CT molecular complexity index is 1440. The van der Waals surface area contributed by atoms with E-state index < -0.39 is 21.6 Å². The van der Waals surface area contributed by atoms with Gasteiger partial charge in [-0.2, -0.15) is 0 Å². The monoisotopic (exact) mass is 467 g/mol. The molecule has 9 heteroatoms. The molecule has 2 aromatic heterocycles. The van der Waals surface area contributed by atoms with E-state index in [0.29, 0.717) is 34.8 Å². The van der Waals surface area contributed by atoms with Gasteiger partial charge in [0, 0.05) is 18.0 Å². The Kier molecular flexibility index (Phi) is 6.24. The topological polar surface area (TPSA) is 103 Å². The summed E-state index contributed by atoms with van der Waals surface area (Å²) in [7, 11) is -1.93. The molecule has 0 bridgehead atoms.